The number of amides is 2. The van der Waals surface area contributed by atoms with E-state index < -0.39 is 5.97 Å². The van der Waals surface area contributed by atoms with E-state index in [1.165, 1.54) is 18.9 Å². The first-order valence-electron chi connectivity index (χ1n) is 10.3. The first-order valence-corrected chi connectivity index (χ1v) is 11.5. The Morgan fingerprint density at radius 3 is 2.55 bits per heavy atom. The number of carbonyl (C=O) groups is 3. The Morgan fingerprint density at radius 2 is 1.87 bits per heavy atom. The van der Waals surface area contributed by atoms with E-state index in [0.29, 0.717) is 54.1 Å². The number of rotatable bonds is 8. The minimum absolute atomic E-state index is 0.101. The summed E-state index contributed by atoms with van der Waals surface area (Å²) in [6.07, 6.45) is 4.76. The van der Waals surface area contributed by atoms with Crippen LogP contribution in [0.1, 0.15) is 41.6 Å². The Hall–Kier alpha value is -2.23. The second kappa shape index (κ2) is 11.4. The van der Waals surface area contributed by atoms with Gasteiger partial charge in [-0.15, -0.1) is 0 Å². The van der Waals surface area contributed by atoms with Crippen molar-refractivity contribution in [2.24, 2.45) is 0 Å². The van der Waals surface area contributed by atoms with E-state index in [0.717, 1.165) is 24.8 Å². The summed E-state index contributed by atoms with van der Waals surface area (Å²) in [7, 11) is 1.34. The summed E-state index contributed by atoms with van der Waals surface area (Å²) in [5.41, 5.74) is 1.27. The van der Waals surface area contributed by atoms with E-state index in [2.05, 4.69) is 0 Å². The van der Waals surface area contributed by atoms with E-state index >= 15 is 0 Å². The van der Waals surface area contributed by atoms with Gasteiger partial charge in [-0.25, -0.2) is 4.79 Å². The van der Waals surface area contributed by atoms with Crippen LogP contribution >= 0.6 is 24.0 Å². The van der Waals surface area contributed by atoms with Gasteiger partial charge in [0.05, 0.1) is 30.8 Å². The summed E-state index contributed by atoms with van der Waals surface area (Å²) in [6.45, 7) is 3.13. The van der Waals surface area contributed by atoms with E-state index in [1.54, 1.807) is 35.2 Å². The molecule has 2 aliphatic rings. The highest BCUT2D eigenvalue weighted by atomic mass is 32.2. The summed E-state index contributed by atoms with van der Waals surface area (Å²) < 4.78 is 10.5. The fourth-order valence-corrected chi connectivity index (χ4v) is 4.68. The van der Waals surface area contributed by atoms with Crippen molar-refractivity contribution in [2.75, 3.05) is 40.0 Å². The number of carbonyl (C=O) groups excluding carboxylic acids is 3. The maximum absolute atomic E-state index is 12.7. The number of nitrogens with zero attached hydrogens (tertiary/aromatic N) is 2. The highest BCUT2D eigenvalue weighted by Crippen LogP contribution is 2.32. The van der Waals surface area contributed by atoms with Gasteiger partial charge in [0.25, 0.3) is 5.91 Å². The lowest BCUT2D eigenvalue weighted by atomic mass is 10.1. The van der Waals surface area contributed by atoms with Crippen LogP contribution < -0.4 is 0 Å². The molecule has 1 aromatic carbocycles. The molecule has 0 bridgehead atoms. The standard InChI is InChI=1S/C22H26N2O5S2/c1-28-21(27)17-8-6-16(7-9-17)15-18-20(26)24(22(30)31-18)10-4-2-3-5-19(25)23-11-13-29-14-12-23/h6-9,15H,2-5,10-14H2,1H3. The molecule has 0 unspecified atom stereocenters. The van der Waals surface area contributed by atoms with Gasteiger partial charge in [0.2, 0.25) is 5.91 Å². The molecule has 7 nitrogen and oxygen atoms in total. The molecular weight excluding hydrogens is 436 g/mol. The van der Waals surface area contributed by atoms with Crippen LogP contribution in [-0.2, 0) is 19.1 Å². The van der Waals surface area contributed by atoms with Crippen molar-refractivity contribution >= 4 is 52.2 Å². The predicted molar refractivity (Wildman–Crippen MR) is 124 cm³/mol. The second-order valence-electron chi connectivity index (χ2n) is 7.25. The number of ether oxygens (including phenoxy) is 2. The summed E-state index contributed by atoms with van der Waals surface area (Å²) in [6, 6.07) is 6.86. The Labute approximate surface area is 191 Å². The average Bonchev–Trinajstić information content (AvgIpc) is 3.06. The number of benzene rings is 1. The molecular formula is C22H26N2O5S2. The van der Waals surface area contributed by atoms with Crippen molar-refractivity contribution in [2.45, 2.75) is 25.7 Å². The molecule has 0 aromatic heterocycles. The Bertz CT molecular complexity index is 863. The Morgan fingerprint density at radius 1 is 1.16 bits per heavy atom. The molecule has 0 saturated carbocycles. The Kier molecular flexibility index (Phi) is 8.62. The smallest absolute Gasteiger partial charge is 0.337 e. The van der Waals surface area contributed by atoms with Crippen molar-refractivity contribution in [3.63, 3.8) is 0 Å². The van der Waals surface area contributed by atoms with Crippen LogP contribution in [0.3, 0.4) is 0 Å². The molecule has 2 amide bonds. The maximum Gasteiger partial charge on any atom is 0.337 e. The third-order valence-electron chi connectivity index (χ3n) is 5.14. The van der Waals surface area contributed by atoms with Gasteiger partial charge >= 0.3 is 5.97 Å². The van der Waals surface area contributed by atoms with Crippen LogP contribution in [0, 0.1) is 0 Å². The number of unbranched alkanes of at least 4 members (excludes halogenated alkanes) is 2. The zero-order valence-corrected chi connectivity index (χ0v) is 19.1. The topological polar surface area (TPSA) is 76.2 Å². The molecule has 166 valence electrons. The quantitative estimate of drug-likeness (QED) is 0.254. The van der Waals surface area contributed by atoms with Gasteiger partial charge in [-0.2, -0.15) is 0 Å². The minimum Gasteiger partial charge on any atom is -0.465 e. The summed E-state index contributed by atoms with van der Waals surface area (Å²) >= 11 is 6.66. The zero-order chi connectivity index (χ0) is 22.2. The average molecular weight is 463 g/mol. The van der Waals surface area contributed by atoms with Crippen LogP contribution in [0.15, 0.2) is 29.2 Å². The largest absolute Gasteiger partial charge is 0.465 e. The predicted octanol–water partition coefficient (Wildman–Crippen LogP) is 3.09. The molecule has 0 aliphatic carbocycles. The van der Waals surface area contributed by atoms with E-state index in [-0.39, 0.29) is 11.8 Å². The third-order valence-corrected chi connectivity index (χ3v) is 6.52. The van der Waals surface area contributed by atoms with Crippen molar-refractivity contribution in [3.05, 3.63) is 40.3 Å². The van der Waals surface area contributed by atoms with Crippen molar-refractivity contribution in [1.29, 1.82) is 0 Å². The number of thioether (sulfide) groups is 1. The molecule has 2 fully saturated rings. The van der Waals surface area contributed by atoms with Gasteiger partial charge in [-0.3, -0.25) is 14.5 Å². The first-order chi connectivity index (χ1) is 15.0. The van der Waals surface area contributed by atoms with E-state index in [1.807, 2.05) is 4.90 Å². The lowest BCUT2D eigenvalue weighted by Crippen LogP contribution is -2.40. The number of methoxy groups -OCH3 is 1. The number of hydrogen-bond donors (Lipinski definition) is 0. The molecule has 0 N–H and O–H groups in total. The molecule has 9 heteroatoms. The molecule has 0 atom stereocenters. The van der Waals surface area contributed by atoms with Crippen molar-refractivity contribution in [3.8, 4) is 0 Å². The zero-order valence-electron chi connectivity index (χ0n) is 17.5. The molecule has 0 spiro atoms. The molecule has 3 rings (SSSR count). The monoisotopic (exact) mass is 462 g/mol. The highest BCUT2D eigenvalue weighted by Gasteiger charge is 2.31. The minimum atomic E-state index is -0.399. The van der Waals surface area contributed by atoms with Gasteiger partial charge in [0.1, 0.15) is 4.32 Å². The SMILES string of the molecule is COC(=O)c1ccc(C=C2SC(=S)N(CCCCCC(=O)N3CCOCC3)C2=O)cc1. The molecule has 2 heterocycles. The Balaban J connectivity index is 1.45. The highest BCUT2D eigenvalue weighted by molar-refractivity contribution is 8.26. The normalized spacial score (nSPS) is 18.0. The summed E-state index contributed by atoms with van der Waals surface area (Å²) in [4.78, 5) is 40.5. The van der Waals surface area contributed by atoms with Crippen LogP contribution in [0.25, 0.3) is 6.08 Å². The molecule has 2 saturated heterocycles. The summed E-state index contributed by atoms with van der Waals surface area (Å²) in [5.74, 6) is -0.323. The van der Waals surface area contributed by atoms with Gasteiger partial charge in [-0.05, 0) is 36.6 Å². The van der Waals surface area contributed by atoms with Crippen LogP contribution in [-0.4, -0.2) is 71.9 Å². The number of esters is 1. The number of morpholine rings is 1. The van der Waals surface area contributed by atoms with Crippen LogP contribution in [0.4, 0.5) is 0 Å². The van der Waals surface area contributed by atoms with E-state index in [9.17, 15) is 14.4 Å². The number of hydrogen-bond acceptors (Lipinski definition) is 7. The lowest BCUT2D eigenvalue weighted by Gasteiger charge is -2.26. The molecule has 31 heavy (non-hydrogen) atoms. The number of thiocarbonyl (C=S) groups is 1. The lowest BCUT2D eigenvalue weighted by molar-refractivity contribution is -0.135. The van der Waals surface area contributed by atoms with Gasteiger partial charge in [0, 0.05) is 26.1 Å². The van der Waals surface area contributed by atoms with Crippen molar-refractivity contribution < 1.29 is 23.9 Å². The summed E-state index contributed by atoms with van der Waals surface area (Å²) in [5, 5.41) is 0. The van der Waals surface area contributed by atoms with E-state index in [4.69, 9.17) is 21.7 Å². The van der Waals surface area contributed by atoms with Crippen LogP contribution in [0.2, 0.25) is 0 Å². The van der Waals surface area contributed by atoms with Gasteiger partial charge in [0.15, 0.2) is 0 Å². The molecule has 2 aliphatic heterocycles. The maximum atomic E-state index is 12.7. The second-order valence-corrected chi connectivity index (χ2v) is 8.93. The first kappa shape index (κ1) is 23.4. The fraction of sp³-hybridized carbons (Fsp3) is 0.455. The molecule has 0 radical (unpaired) electrons. The van der Waals surface area contributed by atoms with Gasteiger partial charge in [-0.1, -0.05) is 42.5 Å². The molecule has 1 aromatic rings. The third kappa shape index (κ3) is 6.38. The van der Waals surface area contributed by atoms with Gasteiger partial charge < -0.3 is 14.4 Å². The fourth-order valence-electron chi connectivity index (χ4n) is 3.37. The van der Waals surface area contributed by atoms with Crippen molar-refractivity contribution in [1.82, 2.24) is 9.80 Å². The van der Waals surface area contributed by atoms with Crippen LogP contribution in [0.5, 0.6) is 0 Å².